The maximum atomic E-state index is 12.6. The Bertz CT molecular complexity index is 836. The number of benzene rings is 1. The molecule has 2 aromatic rings. The molecular formula is C17H22N6O3S. The van der Waals surface area contributed by atoms with Gasteiger partial charge in [0.15, 0.2) is 10.1 Å². The molecular weight excluding hydrogens is 368 g/mol. The van der Waals surface area contributed by atoms with Gasteiger partial charge < -0.3 is 16.4 Å². The number of aryl methyl sites for hydroxylation is 1. The summed E-state index contributed by atoms with van der Waals surface area (Å²) in [6.45, 7) is 4.38. The number of thiazole rings is 1. The summed E-state index contributed by atoms with van der Waals surface area (Å²) in [5, 5.41) is 11.9. The molecule has 0 aliphatic heterocycles. The first-order valence-electron chi connectivity index (χ1n) is 8.42. The molecule has 1 aromatic heterocycles. The van der Waals surface area contributed by atoms with Crippen LogP contribution >= 0.6 is 11.3 Å². The van der Waals surface area contributed by atoms with Crippen LogP contribution in [0, 0.1) is 11.8 Å². The summed E-state index contributed by atoms with van der Waals surface area (Å²) < 4.78 is 0. The van der Waals surface area contributed by atoms with Crippen LogP contribution < -0.4 is 21.7 Å². The molecule has 0 saturated heterocycles. The molecule has 27 heavy (non-hydrogen) atoms. The molecule has 0 atom stereocenters. The highest BCUT2D eigenvalue weighted by Crippen LogP contribution is 2.31. The van der Waals surface area contributed by atoms with Crippen LogP contribution in [0.4, 0.5) is 21.5 Å². The molecule has 2 rings (SSSR count). The van der Waals surface area contributed by atoms with Gasteiger partial charge in [-0.3, -0.25) is 14.9 Å². The average Bonchev–Trinajstić information content (AvgIpc) is 2.97. The number of unbranched alkanes of at least 4 members (excludes halogenated alkanes) is 1. The number of hydrogen-bond acceptors (Lipinski definition) is 8. The van der Waals surface area contributed by atoms with E-state index in [1.165, 1.54) is 6.92 Å². The molecule has 0 saturated carbocycles. The van der Waals surface area contributed by atoms with Crippen molar-refractivity contribution in [1.29, 1.82) is 0 Å². The number of hydrogen-bond donors (Lipinski definition) is 4. The van der Waals surface area contributed by atoms with Gasteiger partial charge in [-0.15, -0.1) is 4.91 Å². The Morgan fingerprint density at radius 1 is 1.26 bits per heavy atom. The molecule has 1 heterocycles. The van der Waals surface area contributed by atoms with E-state index in [1.54, 1.807) is 25.1 Å². The van der Waals surface area contributed by atoms with Gasteiger partial charge in [0.2, 0.25) is 5.91 Å². The zero-order valence-electron chi connectivity index (χ0n) is 15.2. The number of carbonyl (C=O) groups is 2. The van der Waals surface area contributed by atoms with E-state index in [1.807, 2.05) is 0 Å². The second kappa shape index (κ2) is 9.74. The van der Waals surface area contributed by atoms with Gasteiger partial charge >= 0.3 is 0 Å². The fourth-order valence-corrected chi connectivity index (χ4v) is 3.08. The molecule has 144 valence electrons. The van der Waals surface area contributed by atoms with Crippen LogP contribution in [0.15, 0.2) is 23.4 Å². The maximum Gasteiger partial charge on any atom is 0.259 e. The van der Waals surface area contributed by atoms with Crippen molar-refractivity contribution in [3.63, 3.8) is 0 Å². The third-order valence-corrected chi connectivity index (χ3v) is 4.56. The minimum Gasteiger partial charge on any atom is -0.385 e. The minimum atomic E-state index is -0.445. The van der Waals surface area contributed by atoms with Gasteiger partial charge in [-0.1, -0.05) is 11.3 Å². The van der Waals surface area contributed by atoms with E-state index in [0.29, 0.717) is 17.9 Å². The lowest BCUT2D eigenvalue weighted by atomic mass is 10.1. The Balaban J connectivity index is 2.18. The molecule has 2 amide bonds. The number of aromatic nitrogens is 1. The van der Waals surface area contributed by atoms with Crippen LogP contribution in [0.2, 0.25) is 0 Å². The zero-order valence-corrected chi connectivity index (χ0v) is 16.0. The number of rotatable bonds is 9. The van der Waals surface area contributed by atoms with E-state index in [9.17, 15) is 14.5 Å². The Hall–Kier alpha value is -2.85. The van der Waals surface area contributed by atoms with E-state index in [2.05, 4.69) is 26.1 Å². The number of nitrogens with zero attached hydrogens (tertiary/aromatic N) is 2. The van der Waals surface area contributed by atoms with Crippen LogP contribution in [0.1, 0.15) is 35.8 Å². The predicted molar refractivity (Wildman–Crippen MR) is 108 cm³/mol. The molecule has 1 aromatic carbocycles. The van der Waals surface area contributed by atoms with Crippen molar-refractivity contribution in [1.82, 2.24) is 4.98 Å². The lowest BCUT2D eigenvalue weighted by Gasteiger charge is -2.13. The van der Waals surface area contributed by atoms with Gasteiger partial charge in [-0.25, -0.2) is 4.98 Å². The van der Waals surface area contributed by atoms with Crippen LogP contribution in [0.25, 0.3) is 0 Å². The summed E-state index contributed by atoms with van der Waals surface area (Å²) in [5.41, 5.74) is 7.37. The van der Waals surface area contributed by atoms with Gasteiger partial charge in [0.25, 0.3) is 5.91 Å². The van der Waals surface area contributed by atoms with Crippen molar-refractivity contribution in [2.24, 2.45) is 10.9 Å². The first-order chi connectivity index (χ1) is 12.9. The van der Waals surface area contributed by atoms with Crippen molar-refractivity contribution in [3.05, 3.63) is 34.4 Å². The van der Waals surface area contributed by atoms with Gasteiger partial charge in [0.1, 0.15) is 0 Å². The second-order valence-electron chi connectivity index (χ2n) is 5.82. The SMILES string of the molecule is CC(=O)Nc1cc(NCCCCN)ccc1C(=O)Nc1nc(C)c(N=O)s1. The van der Waals surface area contributed by atoms with Crippen LogP contribution in [-0.4, -0.2) is 29.9 Å². The van der Waals surface area contributed by atoms with Crippen molar-refractivity contribution in [2.45, 2.75) is 26.7 Å². The molecule has 10 heteroatoms. The van der Waals surface area contributed by atoms with E-state index in [4.69, 9.17) is 5.73 Å². The summed E-state index contributed by atoms with van der Waals surface area (Å²) in [5.74, 6) is -0.735. The largest absolute Gasteiger partial charge is 0.385 e. The average molecular weight is 390 g/mol. The fraction of sp³-hybridized carbons (Fsp3) is 0.353. The predicted octanol–water partition coefficient (Wildman–Crippen LogP) is 3.21. The van der Waals surface area contributed by atoms with E-state index >= 15 is 0 Å². The third-order valence-electron chi connectivity index (χ3n) is 3.61. The highest BCUT2D eigenvalue weighted by Gasteiger charge is 2.16. The summed E-state index contributed by atoms with van der Waals surface area (Å²) in [7, 11) is 0. The van der Waals surface area contributed by atoms with Crippen LogP contribution in [-0.2, 0) is 4.79 Å². The van der Waals surface area contributed by atoms with Gasteiger partial charge in [-0.2, -0.15) is 0 Å². The lowest BCUT2D eigenvalue weighted by molar-refractivity contribution is -0.114. The van der Waals surface area contributed by atoms with Crippen molar-refractivity contribution in [2.75, 3.05) is 29.0 Å². The number of nitrogens with two attached hydrogens (primary N) is 1. The molecule has 0 unspecified atom stereocenters. The third kappa shape index (κ3) is 5.83. The fourth-order valence-electron chi connectivity index (χ4n) is 2.34. The molecule has 5 N–H and O–H groups in total. The second-order valence-corrected chi connectivity index (χ2v) is 6.80. The Kier molecular flexibility index (Phi) is 7.38. The maximum absolute atomic E-state index is 12.6. The first-order valence-corrected chi connectivity index (χ1v) is 9.24. The van der Waals surface area contributed by atoms with E-state index in [0.717, 1.165) is 36.4 Å². The standard InChI is InChI=1S/C17H22N6O3S/c1-10-16(23-26)27-17(20-10)22-15(25)13-6-5-12(19-8-4-3-7-18)9-14(13)21-11(2)24/h5-6,9,19H,3-4,7-8,18H2,1-2H3,(H,21,24)(H,20,22,25). The molecule has 0 aliphatic carbocycles. The highest BCUT2D eigenvalue weighted by molar-refractivity contribution is 7.19. The molecule has 0 fully saturated rings. The highest BCUT2D eigenvalue weighted by atomic mass is 32.1. The monoisotopic (exact) mass is 390 g/mol. The van der Waals surface area contributed by atoms with Crippen LogP contribution in [0.3, 0.4) is 0 Å². The quantitative estimate of drug-likeness (QED) is 0.383. The molecule has 0 aliphatic rings. The summed E-state index contributed by atoms with van der Waals surface area (Å²) >= 11 is 0.989. The summed E-state index contributed by atoms with van der Waals surface area (Å²) in [6.07, 6.45) is 1.83. The minimum absolute atomic E-state index is 0.212. The Morgan fingerprint density at radius 2 is 2.04 bits per heavy atom. The number of nitroso groups, excluding NO2 is 1. The van der Waals surface area contributed by atoms with Crippen molar-refractivity contribution >= 4 is 44.7 Å². The van der Waals surface area contributed by atoms with Gasteiger partial charge in [0, 0.05) is 19.2 Å². The first kappa shape index (κ1) is 20.5. The van der Waals surface area contributed by atoms with Gasteiger partial charge in [-0.05, 0) is 49.7 Å². The molecule has 0 spiro atoms. The molecule has 0 radical (unpaired) electrons. The lowest BCUT2D eigenvalue weighted by Crippen LogP contribution is -2.17. The number of amides is 2. The van der Waals surface area contributed by atoms with E-state index in [-0.39, 0.29) is 21.6 Å². The van der Waals surface area contributed by atoms with Gasteiger partial charge in [0.05, 0.1) is 16.9 Å². The smallest absolute Gasteiger partial charge is 0.259 e. The van der Waals surface area contributed by atoms with Crippen molar-refractivity contribution < 1.29 is 9.59 Å². The Morgan fingerprint density at radius 3 is 2.67 bits per heavy atom. The molecule has 9 nitrogen and oxygen atoms in total. The topological polar surface area (TPSA) is 139 Å². The van der Waals surface area contributed by atoms with E-state index < -0.39 is 5.91 Å². The Labute approximate surface area is 160 Å². The summed E-state index contributed by atoms with van der Waals surface area (Å²) in [4.78, 5) is 38.9. The number of carbonyl (C=O) groups excluding carboxylic acids is 2. The van der Waals surface area contributed by atoms with Crippen LogP contribution in [0.5, 0.6) is 0 Å². The zero-order chi connectivity index (χ0) is 19.8. The van der Waals surface area contributed by atoms with Crippen molar-refractivity contribution in [3.8, 4) is 0 Å². The number of nitrogens with one attached hydrogen (secondary N) is 3. The molecule has 0 bridgehead atoms. The summed E-state index contributed by atoms with van der Waals surface area (Å²) in [6, 6.07) is 5.07. The number of anilines is 3. The normalized spacial score (nSPS) is 10.3.